The molecule has 1 saturated heterocycles. The number of aromatic nitrogens is 2. The summed E-state index contributed by atoms with van der Waals surface area (Å²) in [5, 5.41) is 1.18. The molecule has 1 N–H and O–H groups in total. The van der Waals surface area contributed by atoms with Crippen molar-refractivity contribution in [2.75, 3.05) is 38.2 Å². The number of hydrogen-bond acceptors (Lipinski definition) is 4. The minimum absolute atomic E-state index is 0.210. The lowest BCUT2D eigenvalue weighted by atomic mass is 10.0. The molecule has 4 aromatic rings. The van der Waals surface area contributed by atoms with Crippen LogP contribution in [0.3, 0.4) is 0 Å². The van der Waals surface area contributed by atoms with Gasteiger partial charge in [-0.1, -0.05) is 24.3 Å². The number of H-pyrrole nitrogens is 1. The Balaban J connectivity index is 1.29. The van der Waals surface area contributed by atoms with Gasteiger partial charge in [0, 0.05) is 55.4 Å². The Morgan fingerprint density at radius 3 is 2.45 bits per heavy atom. The summed E-state index contributed by atoms with van der Waals surface area (Å²) < 4.78 is 5.31. The van der Waals surface area contributed by atoms with Gasteiger partial charge in [-0.3, -0.25) is 4.79 Å². The maximum atomic E-state index is 13.1. The van der Waals surface area contributed by atoms with E-state index in [9.17, 15) is 4.79 Å². The van der Waals surface area contributed by atoms with Gasteiger partial charge < -0.3 is 19.5 Å². The summed E-state index contributed by atoms with van der Waals surface area (Å²) >= 11 is 0. The average molecular weight is 441 g/mol. The highest BCUT2D eigenvalue weighted by atomic mass is 16.5. The van der Waals surface area contributed by atoms with Gasteiger partial charge in [-0.05, 0) is 60.0 Å². The van der Waals surface area contributed by atoms with Crippen molar-refractivity contribution in [3.05, 3.63) is 78.5 Å². The van der Waals surface area contributed by atoms with Crippen LogP contribution in [-0.4, -0.2) is 54.1 Å². The number of aromatic amines is 1. The largest absolute Gasteiger partial charge is 0.497 e. The molecule has 0 unspecified atom stereocenters. The standard InChI is InChI=1S/C27H28N4O2/c1-33-21-11-9-20(10-12-21)27-23(22-6-2-3-7-24(22)29-27)13-14-26(32)31-18-16-30(17-19-31)25-8-4-5-15-28-25/h2-12,15,29H,13-14,16-19H2,1H3. The first-order chi connectivity index (χ1) is 16.2. The lowest BCUT2D eigenvalue weighted by Gasteiger charge is -2.35. The molecular formula is C27H28N4O2. The van der Waals surface area contributed by atoms with Crippen LogP contribution in [0.5, 0.6) is 5.75 Å². The zero-order valence-electron chi connectivity index (χ0n) is 18.8. The average Bonchev–Trinajstić information content (AvgIpc) is 3.26. The Hall–Kier alpha value is -3.80. The molecule has 1 aliphatic rings. The number of carbonyl (C=O) groups excluding carboxylic acids is 1. The predicted molar refractivity (Wildman–Crippen MR) is 132 cm³/mol. The van der Waals surface area contributed by atoms with Gasteiger partial charge in [-0.2, -0.15) is 0 Å². The molecule has 0 spiro atoms. The number of benzene rings is 2. The Morgan fingerprint density at radius 1 is 0.970 bits per heavy atom. The third-order valence-corrected chi connectivity index (χ3v) is 6.39. The Labute approximate surface area is 193 Å². The maximum Gasteiger partial charge on any atom is 0.223 e. The first-order valence-corrected chi connectivity index (χ1v) is 11.4. The van der Waals surface area contributed by atoms with E-state index in [0.29, 0.717) is 12.8 Å². The number of hydrogen-bond donors (Lipinski definition) is 1. The highest BCUT2D eigenvalue weighted by Crippen LogP contribution is 2.32. The van der Waals surface area contributed by atoms with Crippen LogP contribution in [0.2, 0.25) is 0 Å². The van der Waals surface area contributed by atoms with Gasteiger partial charge in [0.15, 0.2) is 0 Å². The molecule has 5 rings (SSSR count). The van der Waals surface area contributed by atoms with Gasteiger partial charge in [0.05, 0.1) is 7.11 Å². The number of amides is 1. The van der Waals surface area contributed by atoms with E-state index >= 15 is 0 Å². The smallest absolute Gasteiger partial charge is 0.223 e. The number of fused-ring (bicyclic) bond motifs is 1. The summed E-state index contributed by atoms with van der Waals surface area (Å²) in [7, 11) is 1.67. The van der Waals surface area contributed by atoms with Crippen molar-refractivity contribution in [3.63, 3.8) is 0 Å². The Kier molecular flexibility index (Phi) is 5.98. The fourth-order valence-corrected chi connectivity index (χ4v) is 4.58. The van der Waals surface area contributed by atoms with Crippen molar-refractivity contribution in [2.24, 2.45) is 0 Å². The van der Waals surface area contributed by atoms with Gasteiger partial charge in [0.2, 0.25) is 5.91 Å². The summed E-state index contributed by atoms with van der Waals surface area (Å²) in [5.41, 5.74) is 4.45. The van der Waals surface area contributed by atoms with Crippen LogP contribution in [0.25, 0.3) is 22.2 Å². The van der Waals surface area contributed by atoms with Crippen LogP contribution in [0.4, 0.5) is 5.82 Å². The molecule has 2 aromatic heterocycles. The van der Waals surface area contributed by atoms with Crippen molar-refractivity contribution >= 4 is 22.6 Å². The number of piperazine rings is 1. The second-order valence-corrected chi connectivity index (χ2v) is 8.31. The number of aryl methyl sites for hydroxylation is 1. The van der Waals surface area contributed by atoms with Gasteiger partial charge in [-0.15, -0.1) is 0 Å². The third-order valence-electron chi connectivity index (χ3n) is 6.39. The van der Waals surface area contributed by atoms with Gasteiger partial charge in [0.1, 0.15) is 11.6 Å². The van der Waals surface area contributed by atoms with E-state index in [4.69, 9.17) is 4.74 Å². The van der Waals surface area contributed by atoms with Gasteiger partial charge in [-0.25, -0.2) is 4.98 Å². The Morgan fingerprint density at radius 2 is 1.73 bits per heavy atom. The zero-order valence-corrected chi connectivity index (χ0v) is 18.8. The molecule has 0 bridgehead atoms. The highest BCUT2D eigenvalue weighted by Gasteiger charge is 2.22. The third kappa shape index (κ3) is 4.42. The molecule has 0 aliphatic carbocycles. The van der Waals surface area contributed by atoms with Crippen molar-refractivity contribution < 1.29 is 9.53 Å². The Bertz CT molecular complexity index is 1230. The fraction of sp³-hybridized carbons (Fsp3) is 0.259. The molecule has 1 aliphatic heterocycles. The summed E-state index contributed by atoms with van der Waals surface area (Å²) in [6.45, 7) is 3.09. The number of pyridine rings is 1. The van der Waals surface area contributed by atoms with Crippen molar-refractivity contribution in [1.82, 2.24) is 14.9 Å². The summed E-state index contributed by atoms with van der Waals surface area (Å²) in [6.07, 6.45) is 3.01. The number of nitrogens with one attached hydrogen (secondary N) is 1. The highest BCUT2D eigenvalue weighted by molar-refractivity contribution is 5.91. The summed E-state index contributed by atoms with van der Waals surface area (Å²) in [4.78, 5) is 25.3. The molecule has 6 nitrogen and oxygen atoms in total. The molecule has 0 atom stereocenters. The van der Waals surface area contributed by atoms with E-state index in [1.54, 1.807) is 7.11 Å². The number of methoxy groups -OCH3 is 1. The van der Waals surface area contributed by atoms with E-state index in [1.165, 1.54) is 10.9 Å². The monoisotopic (exact) mass is 440 g/mol. The normalized spacial score (nSPS) is 14.0. The van der Waals surface area contributed by atoms with Crippen LogP contribution in [0.1, 0.15) is 12.0 Å². The first-order valence-electron chi connectivity index (χ1n) is 11.4. The number of anilines is 1. The van der Waals surface area contributed by atoms with Crippen LogP contribution < -0.4 is 9.64 Å². The molecule has 2 aromatic carbocycles. The molecule has 168 valence electrons. The second kappa shape index (κ2) is 9.36. The number of para-hydroxylation sites is 1. The minimum atomic E-state index is 0.210. The van der Waals surface area contributed by atoms with Gasteiger partial charge in [0.25, 0.3) is 0 Å². The van der Waals surface area contributed by atoms with Gasteiger partial charge >= 0.3 is 0 Å². The zero-order chi connectivity index (χ0) is 22.6. The lowest BCUT2D eigenvalue weighted by molar-refractivity contribution is -0.131. The van der Waals surface area contributed by atoms with Crippen molar-refractivity contribution in [1.29, 1.82) is 0 Å². The molecule has 1 amide bonds. The van der Waals surface area contributed by atoms with Crippen LogP contribution >= 0.6 is 0 Å². The van der Waals surface area contributed by atoms with Crippen molar-refractivity contribution in [3.8, 4) is 17.0 Å². The van der Waals surface area contributed by atoms with Crippen LogP contribution in [-0.2, 0) is 11.2 Å². The molecule has 0 saturated carbocycles. The van der Waals surface area contributed by atoms with E-state index < -0.39 is 0 Å². The summed E-state index contributed by atoms with van der Waals surface area (Å²) in [5.74, 6) is 2.02. The number of nitrogens with zero attached hydrogens (tertiary/aromatic N) is 3. The topological polar surface area (TPSA) is 61.5 Å². The van der Waals surface area contributed by atoms with Crippen LogP contribution in [0, 0.1) is 0 Å². The van der Waals surface area contributed by atoms with E-state index in [2.05, 4.69) is 45.2 Å². The SMILES string of the molecule is COc1ccc(-c2[nH]c3ccccc3c2CCC(=O)N2CCN(c3ccccn3)CC2)cc1. The number of carbonyl (C=O) groups is 1. The molecule has 6 heteroatoms. The van der Waals surface area contributed by atoms with Crippen LogP contribution in [0.15, 0.2) is 72.9 Å². The molecule has 0 radical (unpaired) electrons. The molecule has 1 fully saturated rings. The first kappa shape index (κ1) is 21.1. The number of rotatable bonds is 6. The minimum Gasteiger partial charge on any atom is -0.497 e. The summed E-state index contributed by atoms with van der Waals surface area (Å²) in [6, 6.07) is 22.3. The molecular weight excluding hydrogens is 412 g/mol. The quantitative estimate of drug-likeness (QED) is 0.479. The molecule has 33 heavy (non-hydrogen) atoms. The fourth-order valence-electron chi connectivity index (χ4n) is 4.58. The predicted octanol–water partition coefficient (Wildman–Crippen LogP) is 4.52. The molecule has 3 heterocycles. The van der Waals surface area contributed by atoms with E-state index in [0.717, 1.165) is 54.5 Å². The lowest BCUT2D eigenvalue weighted by Crippen LogP contribution is -2.49. The van der Waals surface area contributed by atoms with E-state index in [-0.39, 0.29) is 5.91 Å². The number of ether oxygens (including phenoxy) is 1. The van der Waals surface area contributed by atoms with Crippen molar-refractivity contribution in [2.45, 2.75) is 12.8 Å². The van der Waals surface area contributed by atoms with E-state index in [1.807, 2.05) is 47.5 Å². The maximum absolute atomic E-state index is 13.1. The second-order valence-electron chi connectivity index (χ2n) is 8.31.